The molecule has 7 heteroatoms. The first-order valence-corrected chi connectivity index (χ1v) is 4.82. The average molecular weight is 260 g/mol. The van der Waals surface area contributed by atoms with Crippen molar-refractivity contribution < 1.29 is 9.34 Å². The SMILES string of the molecule is O=c1oc2c(Cl)ccc(Cl)c2cc1[N+](=O)[O-]. The average Bonchev–Trinajstić information content (AvgIpc) is 2.23. The molecule has 0 N–H and O–H groups in total. The first-order valence-electron chi connectivity index (χ1n) is 4.07. The van der Waals surface area contributed by atoms with Crippen molar-refractivity contribution in [3.8, 4) is 0 Å². The summed E-state index contributed by atoms with van der Waals surface area (Å²) in [6.45, 7) is 0. The molecule has 1 heterocycles. The third kappa shape index (κ3) is 1.64. The molecule has 0 aliphatic heterocycles. The summed E-state index contributed by atoms with van der Waals surface area (Å²) < 4.78 is 4.75. The molecular formula is C9H3Cl2NO4. The van der Waals surface area contributed by atoms with Gasteiger partial charge in [-0.1, -0.05) is 23.2 Å². The Hall–Kier alpha value is -1.59. The standard InChI is InChI=1S/C9H3Cl2NO4/c10-5-1-2-6(11)8-4(5)3-7(12(14)15)9(13)16-8/h1-3H. The van der Waals surface area contributed by atoms with Gasteiger partial charge in [-0.05, 0) is 12.1 Å². The van der Waals surface area contributed by atoms with Crippen molar-refractivity contribution in [3.63, 3.8) is 0 Å². The minimum Gasteiger partial charge on any atom is -0.416 e. The summed E-state index contributed by atoms with van der Waals surface area (Å²) in [6.07, 6.45) is 0. The van der Waals surface area contributed by atoms with Crippen molar-refractivity contribution in [1.29, 1.82) is 0 Å². The zero-order valence-corrected chi connectivity index (χ0v) is 9.08. The molecule has 1 aromatic carbocycles. The fourth-order valence-corrected chi connectivity index (χ4v) is 1.66. The highest BCUT2D eigenvalue weighted by Crippen LogP contribution is 2.30. The van der Waals surface area contributed by atoms with Crippen LogP contribution in [0.2, 0.25) is 10.0 Å². The predicted molar refractivity (Wildman–Crippen MR) is 59.2 cm³/mol. The van der Waals surface area contributed by atoms with Crippen LogP contribution < -0.4 is 5.63 Å². The van der Waals surface area contributed by atoms with Crippen molar-refractivity contribution in [3.05, 3.63) is 48.8 Å². The second kappa shape index (κ2) is 3.77. The largest absolute Gasteiger partial charge is 0.416 e. The van der Waals surface area contributed by atoms with Crippen LogP contribution in [0.25, 0.3) is 11.0 Å². The zero-order valence-electron chi connectivity index (χ0n) is 7.57. The van der Waals surface area contributed by atoms with Crippen LogP contribution in [0.3, 0.4) is 0 Å². The summed E-state index contributed by atoms with van der Waals surface area (Å²) in [6, 6.07) is 3.96. The molecule has 0 bridgehead atoms. The first kappa shape index (κ1) is 10.9. The van der Waals surface area contributed by atoms with E-state index in [9.17, 15) is 14.9 Å². The van der Waals surface area contributed by atoms with E-state index in [0.29, 0.717) is 0 Å². The predicted octanol–water partition coefficient (Wildman–Crippen LogP) is 3.01. The Labute approximate surface area is 98.3 Å². The quantitative estimate of drug-likeness (QED) is 0.448. The highest BCUT2D eigenvalue weighted by Gasteiger charge is 2.18. The maximum atomic E-state index is 11.2. The molecule has 0 saturated heterocycles. The summed E-state index contributed by atoms with van der Waals surface area (Å²) in [5.74, 6) is 0. The van der Waals surface area contributed by atoms with E-state index in [2.05, 4.69) is 0 Å². The summed E-state index contributed by atoms with van der Waals surface area (Å²) in [5.41, 5.74) is -1.68. The topological polar surface area (TPSA) is 73.3 Å². The molecule has 82 valence electrons. The summed E-state index contributed by atoms with van der Waals surface area (Å²) in [4.78, 5) is 20.9. The van der Waals surface area contributed by atoms with Crippen molar-refractivity contribution in [2.45, 2.75) is 0 Å². The third-order valence-electron chi connectivity index (χ3n) is 1.98. The van der Waals surface area contributed by atoms with Crippen LogP contribution in [-0.4, -0.2) is 4.92 Å². The number of hydrogen-bond acceptors (Lipinski definition) is 4. The van der Waals surface area contributed by atoms with Gasteiger partial charge in [0.15, 0.2) is 5.58 Å². The Balaban J connectivity index is 2.95. The summed E-state index contributed by atoms with van der Waals surface area (Å²) >= 11 is 11.6. The second-order valence-electron chi connectivity index (χ2n) is 2.95. The fourth-order valence-electron chi connectivity index (χ4n) is 1.25. The second-order valence-corrected chi connectivity index (χ2v) is 3.76. The van der Waals surface area contributed by atoms with Gasteiger partial charge in [0.05, 0.1) is 15.0 Å². The highest BCUT2D eigenvalue weighted by molar-refractivity contribution is 6.39. The Kier molecular flexibility index (Phi) is 2.57. The van der Waals surface area contributed by atoms with Gasteiger partial charge in [0.2, 0.25) is 0 Å². The lowest BCUT2D eigenvalue weighted by Gasteiger charge is -2.00. The molecule has 0 aliphatic rings. The number of fused-ring (bicyclic) bond motifs is 1. The lowest BCUT2D eigenvalue weighted by molar-refractivity contribution is -0.387. The van der Waals surface area contributed by atoms with Crippen molar-refractivity contribution >= 4 is 39.9 Å². The Morgan fingerprint density at radius 2 is 1.88 bits per heavy atom. The van der Waals surface area contributed by atoms with E-state index >= 15 is 0 Å². The molecule has 2 rings (SSSR count). The molecule has 0 spiro atoms. The number of nitrogens with zero attached hydrogens (tertiary/aromatic N) is 1. The number of rotatable bonds is 1. The van der Waals surface area contributed by atoms with Gasteiger partial charge in [-0.3, -0.25) is 10.1 Å². The van der Waals surface area contributed by atoms with Gasteiger partial charge in [-0.25, -0.2) is 4.79 Å². The van der Waals surface area contributed by atoms with E-state index in [1.807, 2.05) is 0 Å². The molecule has 0 aliphatic carbocycles. The lowest BCUT2D eigenvalue weighted by atomic mass is 10.2. The van der Waals surface area contributed by atoms with Crippen molar-refractivity contribution in [1.82, 2.24) is 0 Å². The molecule has 0 radical (unpaired) electrons. The Bertz CT molecular complexity index is 650. The molecule has 0 atom stereocenters. The van der Waals surface area contributed by atoms with Gasteiger partial charge >= 0.3 is 11.3 Å². The molecular weight excluding hydrogens is 257 g/mol. The third-order valence-corrected chi connectivity index (χ3v) is 2.60. The molecule has 0 fully saturated rings. The van der Waals surface area contributed by atoms with Crippen LogP contribution in [-0.2, 0) is 0 Å². The molecule has 0 unspecified atom stereocenters. The van der Waals surface area contributed by atoms with E-state index in [0.717, 1.165) is 6.07 Å². The Morgan fingerprint density at radius 3 is 2.50 bits per heavy atom. The molecule has 2 aromatic rings. The molecule has 0 amide bonds. The van der Waals surface area contributed by atoms with Gasteiger partial charge in [0.1, 0.15) is 0 Å². The number of hydrogen-bond donors (Lipinski definition) is 0. The van der Waals surface area contributed by atoms with Gasteiger partial charge in [-0.2, -0.15) is 0 Å². The fraction of sp³-hybridized carbons (Fsp3) is 0. The van der Waals surface area contributed by atoms with Crippen LogP contribution >= 0.6 is 23.2 Å². The molecule has 5 nitrogen and oxygen atoms in total. The van der Waals surface area contributed by atoms with Crippen LogP contribution in [0.5, 0.6) is 0 Å². The van der Waals surface area contributed by atoms with Gasteiger partial charge in [-0.15, -0.1) is 0 Å². The normalized spacial score (nSPS) is 10.6. The minimum atomic E-state index is -1.05. The maximum Gasteiger partial charge on any atom is 0.415 e. The lowest BCUT2D eigenvalue weighted by Crippen LogP contribution is -2.06. The Morgan fingerprint density at radius 1 is 1.25 bits per heavy atom. The van der Waals surface area contributed by atoms with Crippen LogP contribution in [0.15, 0.2) is 27.4 Å². The van der Waals surface area contributed by atoms with Crippen LogP contribution in [0, 0.1) is 10.1 Å². The number of benzene rings is 1. The highest BCUT2D eigenvalue weighted by atomic mass is 35.5. The first-order chi connectivity index (χ1) is 7.50. The molecule has 16 heavy (non-hydrogen) atoms. The van der Waals surface area contributed by atoms with Crippen LogP contribution in [0.4, 0.5) is 5.69 Å². The van der Waals surface area contributed by atoms with E-state index in [4.69, 9.17) is 27.6 Å². The van der Waals surface area contributed by atoms with Gasteiger partial charge < -0.3 is 4.42 Å². The van der Waals surface area contributed by atoms with Crippen molar-refractivity contribution in [2.75, 3.05) is 0 Å². The monoisotopic (exact) mass is 259 g/mol. The number of halogens is 2. The maximum absolute atomic E-state index is 11.2. The van der Waals surface area contributed by atoms with E-state index in [-0.39, 0.29) is 21.0 Å². The van der Waals surface area contributed by atoms with E-state index in [1.54, 1.807) is 0 Å². The van der Waals surface area contributed by atoms with Gasteiger partial charge in [0, 0.05) is 11.5 Å². The molecule has 0 saturated carbocycles. The summed E-state index contributed by atoms with van der Waals surface area (Å²) in [7, 11) is 0. The number of nitro groups is 1. The zero-order chi connectivity index (χ0) is 11.9. The van der Waals surface area contributed by atoms with E-state index in [1.165, 1.54) is 12.1 Å². The minimum absolute atomic E-state index is 0.0461. The molecule has 1 aromatic heterocycles. The van der Waals surface area contributed by atoms with E-state index < -0.39 is 16.2 Å². The smallest absolute Gasteiger partial charge is 0.415 e. The summed E-state index contributed by atoms with van der Waals surface area (Å²) in [5, 5.41) is 11.2. The van der Waals surface area contributed by atoms with Gasteiger partial charge in [0.25, 0.3) is 0 Å². The van der Waals surface area contributed by atoms with Crippen molar-refractivity contribution in [2.24, 2.45) is 0 Å². The van der Waals surface area contributed by atoms with Crippen LogP contribution in [0.1, 0.15) is 0 Å².